The molecule has 0 spiro atoms. The maximum Gasteiger partial charge on any atom is 0.326 e. The molecule has 8 heteroatoms. The molecule has 2 aromatic rings. The number of aliphatic carboxylic acids is 1. The van der Waals surface area contributed by atoms with E-state index in [-0.39, 0.29) is 17.9 Å². The van der Waals surface area contributed by atoms with Crippen molar-refractivity contribution in [2.75, 3.05) is 6.54 Å². The third-order valence-electron chi connectivity index (χ3n) is 5.51. The summed E-state index contributed by atoms with van der Waals surface area (Å²) in [6.45, 7) is 0.235. The molecule has 2 aromatic carbocycles. The minimum atomic E-state index is -3.82. The SMILES string of the molecule is O=C(O)[C@@H](Cc1cccc2c1C2)NC(=O)[C@@H]1CCCN1S(=O)(=O)c1ccccc1. The first-order valence-electron chi connectivity index (χ1n) is 9.57. The van der Waals surface area contributed by atoms with Gasteiger partial charge in [-0.1, -0.05) is 36.4 Å². The lowest BCUT2D eigenvalue weighted by Gasteiger charge is -2.25. The highest BCUT2D eigenvalue weighted by Crippen LogP contribution is 2.32. The van der Waals surface area contributed by atoms with E-state index in [9.17, 15) is 23.1 Å². The number of hydrogen-bond acceptors (Lipinski definition) is 4. The molecule has 1 heterocycles. The molecule has 2 aliphatic rings. The second kappa shape index (κ2) is 7.61. The molecule has 1 aliphatic carbocycles. The Morgan fingerprint density at radius 1 is 1.14 bits per heavy atom. The summed E-state index contributed by atoms with van der Waals surface area (Å²) in [6, 6.07) is 11.7. The number of nitrogens with zero attached hydrogens (tertiary/aromatic N) is 1. The molecular formula is C21H22N2O5S. The van der Waals surface area contributed by atoms with E-state index in [2.05, 4.69) is 5.32 Å². The molecular weight excluding hydrogens is 392 g/mol. The normalized spacial score (nSPS) is 19.4. The Kier molecular flexibility index (Phi) is 5.14. The van der Waals surface area contributed by atoms with Gasteiger partial charge in [0.1, 0.15) is 12.1 Å². The molecule has 2 N–H and O–H groups in total. The maximum atomic E-state index is 12.9. The van der Waals surface area contributed by atoms with Gasteiger partial charge in [-0.3, -0.25) is 4.79 Å². The van der Waals surface area contributed by atoms with Crippen molar-refractivity contribution in [1.82, 2.24) is 9.62 Å². The van der Waals surface area contributed by atoms with Gasteiger partial charge in [0.15, 0.2) is 0 Å². The van der Waals surface area contributed by atoms with Crippen LogP contribution in [0.2, 0.25) is 0 Å². The molecule has 29 heavy (non-hydrogen) atoms. The number of fused-ring (bicyclic) bond motifs is 1. The number of nitrogens with one attached hydrogen (secondary N) is 1. The predicted octanol–water partition coefficient (Wildman–Crippen LogP) is 1.56. The first-order valence-corrected chi connectivity index (χ1v) is 11.0. The first kappa shape index (κ1) is 19.6. The van der Waals surface area contributed by atoms with E-state index in [0.29, 0.717) is 12.8 Å². The van der Waals surface area contributed by atoms with Crippen molar-refractivity contribution < 1.29 is 23.1 Å². The van der Waals surface area contributed by atoms with Crippen molar-refractivity contribution >= 4 is 21.9 Å². The van der Waals surface area contributed by atoms with Gasteiger partial charge in [0.2, 0.25) is 15.9 Å². The van der Waals surface area contributed by atoms with Crippen molar-refractivity contribution in [2.45, 2.75) is 42.7 Å². The fraction of sp³-hybridized carbons (Fsp3) is 0.333. The second-order valence-corrected chi connectivity index (χ2v) is 9.31. The number of carboxylic acids is 1. The van der Waals surface area contributed by atoms with E-state index in [1.165, 1.54) is 22.0 Å². The quantitative estimate of drug-likeness (QED) is 0.611. The Morgan fingerprint density at radius 2 is 1.90 bits per heavy atom. The van der Waals surface area contributed by atoms with Gasteiger partial charge in [-0.2, -0.15) is 4.31 Å². The van der Waals surface area contributed by atoms with Crippen LogP contribution in [0, 0.1) is 0 Å². The van der Waals surface area contributed by atoms with Gasteiger partial charge in [0.05, 0.1) is 4.90 Å². The molecule has 0 radical (unpaired) electrons. The van der Waals surface area contributed by atoms with Crippen LogP contribution in [0.15, 0.2) is 53.4 Å². The van der Waals surface area contributed by atoms with Crippen LogP contribution in [-0.2, 0) is 32.5 Å². The summed E-state index contributed by atoms with van der Waals surface area (Å²) in [5.74, 6) is -1.70. The largest absolute Gasteiger partial charge is 0.480 e. The van der Waals surface area contributed by atoms with Gasteiger partial charge in [0.25, 0.3) is 0 Å². The Labute approximate surface area is 169 Å². The van der Waals surface area contributed by atoms with Gasteiger partial charge in [0, 0.05) is 13.0 Å². The number of rotatable bonds is 7. The zero-order chi connectivity index (χ0) is 20.6. The Morgan fingerprint density at radius 3 is 2.62 bits per heavy atom. The summed E-state index contributed by atoms with van der Waals surface area (Å²) in [7, 11) is -3.82. The van der Waals surface area contributed by atoms with E-state index < -0.39 is 34.0 Å². The van der Waals surface area contributed by atoms with E-state index in [4.69, 9.17) is 0 Å². The topological polar surface area (TPSA) is 104 Å². The molecule has 1 saturated heterocycles. The molecule has 2 atom stereocenters. The van der Waals surface area contributed by atoms with Crippen LogP contribution in [0.1, 0.15) is 29.5 Å². The molecule has 0 saturated carbocycles. The summed E-state index contributed by atoms with van der Waals surface area (Å²) in [4.78, 5) is 24.7. The van der Waals surface area contributed by atoms with Gasteiger partial charge < -0.3 is 10.4 Å². The average molecular weight is 414 g/mol. The number of amides is 1. The van der Waals surface area contributed by atoms with Crippen LogP contribution in [0.25, 0.3) is 0 Å². The molecule has 4 rings (SSSR count). The molecule has 1 aliphatic heterocycles. The minimum absolute atomic E-state index is 0.127. The predicted molar refractivity (Wildman–Crippen MR) is 106 cm³/mol. The first-order chi connectivity index (χ1) is 13.9. The monoisotopic (exact) mass is 414 g/mol. The van der Waals surface area contributed by atoms with Crippen LogP contribution in [0.5, 0.6) is 0 Å². The van der Waals surface area contributed by atoms with Crippen LogP contribution in [-0.4, -0.2) is 48.3 Å². The average Bonchev–Trinajstić information content (AvgIpc) is 3.33. The number of carbonyl (C=O) groups excluding carboxylic acids is 1. The summed E-state index contributed by atoms with van der Waals surface area (Å²) >= 11 is 0. The number of carboxylic acid groups (broad SMARTS) is 1. The standard InChI is InChI=1S/C21H22N2O5S/c24-20(22-18(21(25)26)13-15-7-4-6-14-12-17(14)15)19-10-5-11-23(19)29(27,28)16-8-2-1-3-9-16/h1-4,6-9,18-19H,5,10-13H2,(H,22,24)(H,25,26)/t18-,19+/m1/s1. The summed E-state index contributed by atoms with van der Waals surface area (Å²) in [5.41, 5.74) is 3.26. The number of carbonyl (C=O) groups is 2. The Balaban J connectivity index is 1.50. The molecule has 1 amide bonds. The third-order valence-corrected chi connectivity index (χ3v) is 7.43. The smallest absolute Gasteiger partial charge is 0.326 e. The van der Waals surface area contributed by atoms with Crippen LogP contribution >= 0.6 is 0 Å². The van der Waals surface area contributed by atoms with E-state index in [1.54, 1.807) is 18.2 Å². The van der Waals surface area contributed by atoms with E-state index in [0.717, 1.165) is 17.5 Å². The lowest BCUT2D eigenvalue weighted by molar-refractivity contribution is -0.142. The zero-order valence-electron chi connectivity index (χ0n) is 15.7. The van der Waals surface area contributed by atoms with Crippen molar-refractivity contribution in [3.8, 4) is 0 Å². The lowest BCUT2D eigenvalue weighted by Crippen LogP contribution is -2.51. The van der Waals surface area contributed by atoms with Crippen molar-refractivity contribution in [3.63, 3.8) is 0 Å². The summed E-state index contributed by atoms with van der Waals surface area (Å²) in [6.07, 6.45) is 1.95. The van der Waals surface area contributed by atoms with Crippen LogP contribution in [0.4, 0.5) is 0 Å². The number of sulfonamides is 1. The Bertz CT molecular complexity index is 1050. The highest BCUT2D eigenvalue weighted by Gasteiger charge is 2.40. The Hall–Kier alpha value is -2.71. The zero-order valence-corrected chi connectivity index (χ0v) is 16.6. The van der Waals surface area contributed by atoms with E-state index >= 15 is 0 Å². The summed E-state index contributed by atoms with van der Waals surface area (Å²) < 4.78 is 27.1. The molecule has 0 unspecified atom stereocenters. The fourth-order valence-electron chi connectivity index (χ4n) is 3.90. The van der Waals surface area contributed by atoms with Crippen molar-refractivity contribution in [3.05, 3.63) is 65.2 Å². The molecule has 0 aromatic heterocycles. The summed E-state index contributed by atoms with van der Waals surface area (Å²) in [5, 5.41) is 12.2. The lowest BCUT2D eigenvalue weighted by atomic mass is 10.0. The van der Waals surface area contributed by atoms with Crippen molar-refractivity contribution in [1.29, 1.82) is 0 Å². The molecule has 1 fully saturated rings. The minimum Gasteiger partial charge on any atom is -0.480 e. The number of benzene rings is 2. The molecule has 0 bridgehead atoms. The van der Waals surface area contributed by atoms with E-state index in [1.807, 2.05) is 18.2 Å². The second-order valence-electron chi connectivity index (χ2n) is 7.42. The maximum absolute atomic E-state index is 12.9. The molecule has 152 valence electrons. The van der Waals surface area contributed by atoms with Gasteiger partial charge in [-0.05, 0) is 48.1 Å². The molecule has 7 nitrogen and oxygen atoms in total. The van der Waals surface area contributed by atoms with Crippen molar-refractivity contribution in [2.24, 2.45) is 0 Å². The highest BCUT2D eigenvalue weighted by atomic mass is 32.2. The highest BCUT2D eigenvalue weighted by molar-refractivity contribution is 7.89. The van der Waals surface area contributed by atoms with Gasteiger partial charge in [-0.25, -0.2) is 13.2 Å². The van der Waals surface area contributed by atoms with Gasteiger partial charge >= 0.3 is 5.97 Å². The van der Waals surface area contributed by atoms with Gasteiger partial charge in [-0.15, -0.1) is 0 Å². The number of hydrogen-bond donors (Lipinski definition) is 2. The van der Waals surface area contributed by atoms with Crippen LogP contribution in [0.3, 0.4) is 0 Å². The fourth-order valence-corrected chi connectivity index (χ4v) is 5.58. The third kappa shape index (κ3) is 3.90. The van der Waals surface area contributed by atoms with Crippen LogP contribution < -0.4 is 5.32 Å².